The molecule has 2 N–H and O–H groups in total. The number of carbonyl (C=O) groups is 1. The first-order valence-corrected chi connectivity index (χ1v) is 7.70. The lowest BCUT2D eigenvalue weighted by Crippen LogP contribution is -2.43. The van der Waals surface area contributed by atoms with Crippen molar-refractivity contribution in [1.82, 2.24) is 0 Å². The molecule has 0 bridgehead atoms. The standard InChI is InChI=1S/C16H14F6N2O2/c17-11-2-1-7(3-8(25)6-15(20,21)22)4-9(11)16(13(18)19)10-5-12(10)26-14(23)24-16/h1-2,4,10,12-13H,3,5-6H2,(H2,23,24)/t10-,12+,16+/m0/s1. The number of ether oxygens (including phenoxy) is 1. The van der Waals surface area contributed by atoms with E-state index in [0.29, 0.717) is 0 Å². The number of Topliss-reactive ketones (excluding diaryl/α,β-unsaturated/α-hetero) is 1. The number of ketones is 1. The normalized spacial score (nSPS) is 27.6. The molecule has 3 rings (SSSR count). The first-order valence-electron chi connectivity index (χ1n) is 7.70. The molecule has 0 amide bonds. The third-order valence-electron chi connectivity index (χ3n) is 4.46. The molecule has 0 radical (unpaired) electrons. The number of hydrogen-bond acceptors (Lipinski definition) is 4. The Morgan fingerprint density at radius 2 is 2.08 bits per heavy atom. The molecule has 10 heteroatoms. The molecule has 26 heavy (non-hydrogen) atoms. The summed E-state index contributed by atoms with van der Waals surface area (Å²) in [6.07, 6.45) is -10.5. The van der Waals surface area contributed by atoms with Crippen LogP contribution >= 0.6 is 0 Å². The fourth-order valence-electron chi connectivity index (χ4n) is 3.30. The minimum atomic E-state index is -4.68. The van der Waals surface area contributed by atoms with Crippen LogP contribution in [0.2, 0.25) is 0 Å². The number of fused-ring (bicyclic) bond motifs is 1. The van der Waals surface area contributed by atoms with Gasteiger partial charge in [-0.1, -0.05) is 6.07 Å². The summed E-state index contributed by atoms with van der Waals surface area (Å²) in [4.78, 5) is 15.2. The maximum Gasteiger partial charge on any atom is 0.395 e. The Morgan fingerprint density at radius 3 is 2.69 bits per heavy atom. The fraction of sp³-hybridized carbons (Fsp3) is 0.500. The maximum atomic E-state index is 14.3. The molecule has 1 heterocycles. The summed E-state index contributed by atoms with van der Waals surface area (Å²) in [5.74, 6) is -2.95. The highest BCUT2D eigenvalue weighted by Gasteiger charge is 2.64. The van der Waals surface area contributed by atoms with E-state index < -0.39 is 66.2 Å². The van der Waals surface area contributed by atoms with E-state index in [1.807, 2.05) is 0 Å². The number of aliphatic imine (C=N–C) groups is 1. The predicted octanol–water partition coefficient (Wildman–Crippen LogP) is 3.08. The number of hydrogen-bond donors (Lipinski definition) is 1. The van der Waals surface area contributed by atoms with Crippen molar-refractivity contribution in [1.29, 1.82) is 0 Å². The van der Waals surface area contributed by atoms with Gasteiger partial charge in [0.05, 0.1) is 0 Å². The molecule has 142 valence electrons. The van der Waals surface area contributed by atoms with Gasteiger partial charge in [0.1, 0.15) is 24.1 Å². The van der Waals surface area contributed by atoms with Crippen LogP contribution in [0.4, 0.5) is 26.3 Å². The van der Waals surface area contributed by atoms with Crippen LogP contribution in [0, 0.1) is 11.7 Å². The van der Waals surface area contributed by atoms with Crippen molar-refractivity contribution >= 4 is 11.8 Å². The molecule has 3 atom stereocenters. The second-order valence-corrected chi connectivity index (χ2v) is 6.40. The zero-order valence-corrected chi connectivity index (χ0v) is 13.2. The van der Waals surface area contributed by atoms with Crippen molar-refractivity contribution in [3.63, 3.8) is 0 Å². The molecular weight excluding hydrogens is 366 g/mol. The van der Waals surface area contributed by atoms with E-state index in [1.165, 1.54) is 0 Å². The van der Waals surface area contributed by atoms with Gasteiger partial charge in [-0.2, -0.15) is 13.2 Å². The molecule has 1 aromatic rings. The van der Waals surface area contributed by atoms with E-state index in [0.717, 1.165) is 18.2 Å². The van der Waals surface area contributed by atoms with Gasteiger partial charge >= 0.3 is 6.18 Å². The predicted molar refractivity (Wildman–Crippen MR) is 78.1 cm³/mol. The second kappa shape index (κ2) is 6.17. The SMILES string of the molecule is NC1=N[C@@](c2cc(CC(=O)CC(F)(F)F)ccc2F)(C(F)F)[C@H]2C[C@H]2O1. The summed E-state index contributed by atoms with van der Waals surface area (Å²) < 4.78 is 84.1. The summed E-state index contributed by atoms with van der Waals surface area (Å²) in [5, 5.41) is 0. The smallest absolute Gasteiger partial charge is 0.395 e. The molecule has 1 saturated carbocycles. The van der Waals surface area contributed by atoms with Crippen LogP contribution in [0.5, 0.6) is 0 Å². The monoisotopic (exact) mass is 380 g/mol. The number of halogens is 6. The van der Waals surface area contributed by atoms with Crippen LogP contribution < -0.4 is 5.73 Å². The summed E-state index contributed by atoms with van der Waals surface area (Å²) in [7, 11) is 0. The van der Waals surface area contributed by atoms with Crippen LogP contribution in [-0.4, -0.2) is 30.5 Å². The molecule has 0 unspecified atom stereocenters. The second-order valence-electron chi connectivity index (χ2n) is 6.40. The minimum absolute atomic E-state index is 0.00635. The molecule has 1 aliphatic carbocycles. The van der Waals surface area contributed by atoms with Crippen molar-refractivity contribution in [2.45, 2.75) is 43.5 Å². The van der Waals surface area contributed by atoms with Gasteiger partial charge < -0.3 is 10.5 Å². The third kappa shape index (κ3) is 3.36. The summed E-state index contributed by atoms with van der Waals surface area (Å²) in [6, 6.07) is 2.40. The van der Waals surface area contributed by atoms with E-state index in [4.69, 9.17) is 10.5 Å². The van der Waals surface area contributed by atoms with Gasteiger partial charge in [0.25, 0.3) is 12.4 Å². The summed E-state index contributed by atoms with van der Waals surface area (Å²) in [6.45, 7) is 0. The molecule has 0 spiro atoms. The molecule has 2 aliphatic rings. The number of benzene rings is 1. The Kier molecular flexibility index (Phi) is 4.40. The van der Waals surface area contributed by atoms with Crippen molar-refractivity contribution in [3.05, 3.63) is 35.1 Å². The van der Waals surface area contributed by atoms with E-state index in [2.05, 4.69) is 4.99 Å². The Hall–Kier alpha value is -2.26. The Morgan fingerprint density at radius 1 is 1.38 bits per heavy atom. The highest BCUT2D eigenvalue weighted by Crippen LogP contribution is 2.56. The molecular formula is C16H14F6N2O2. The number of nitrogens with zero attached hydrogens (tertiary/aromatic N) is 1. The highest BCUT2D eigenvalue weighted by molar-refractivity contribution is 5.81. The zero-order chi connectivity index (χ0) is 19.3. The minimum Gasteiger partial charge on any atom is -0.462 e. The third-order valence-corrected chi connectivity index (χ3v) is 4.46. The topological polar surface area (TPSA) is 64.7 Å². The van der Waals surface area contributed by atoms with Crippen molar-refractivity contribution < 1.29 is 35.9 Å². The van der Waals surface area contributed by atoms with Crippen molar-refractivity contribution in [2.24, 2.45) is 16.6 Å². The van der Waals surface area contributed by atoms with E-state index in [1.54, 1.807) is 0 Å². The largest absolute Gasteiger partial charge is 0.462 e. The average molecular weight is 380 g/mol. The molecule has 1 aromatic carbocycles. The zero-order valence-electron chi connectivity index (χ0n) is 13.2. The number of nitrogens with two attached hydrogens (primary N) is 1. The van der Waals surface area contributed by atoms with Gasteiger partial charge in [0.15, 0.2) is 5.54 Å². The highest BCUT2D eigenvalue weighted by atomic mass is 19.4. The number of amidine groups is 1. The number of carbonyl (C=O) groups excluding carboxylic acids is 1. The Bertz CT molecular complexity index is 764. The van der Waals surface area contributed by atoms with Crippen LogP contribution in [0.3, 0.4) is 0 Å². The van der Waals surface area contributed by atoms with E-state index in [-0.39, 0.29) is 12.0 Å². The molecule has 1 fully saturated rings. The van der Waals surface area contributed by atoms with Gasteiger partial charge in [0.2, 0.25) is 0 Å². The van der Waals surface area contributed by atoms with Crippen LogP contribution in [0.25, 0.3) is 0 Å². The van der Waals surface area contributed by atoms with Gasteiger partial charge in [-0.25, -0.2) is 18.2 Å². The van der Waals surface area contributed by atoms with E-state index in [9.17, 15) is 31.1 Å². The number of alkyl halides is 5. The first kappa shape index (κ1) is 18.5. The van der Waals surface area contributed by atoms with Crippen LogP contribution in [-0.2, 0) is 21.5 Å². The summed E-state index contributed by atoms with van der Waals surface area (Å²) >= 11 is 0. The lowest BCUT2D eigenvalue weighted by Gasteiger charge is -2.33. The lowest BCUT2D eigenvalue weighted by atomic mass is 9.83. The van der Waals surface area contributed by atoms with Gasteiger partial charge in [-0.3, -0.25) is 4.79 Å². The van der Waals surface area contributed by atoms with Gasteiger partial charge in [-0.05, 0) is 24.1 Å². The van der Waals surface area contributed by atoms with Gasteiger partial charge in [-0.15, -0.1) is 0 Å². The fourth-order valence-corrected chi connectivity index (χ4v) is 3.30. The average Bonchev–Trinajstić information content (AvgIpc) is 3.25. The van der Waals surface area contributed by atoms with Crippen molar-refractivity contribution in [2.75, 3.05) is 0 Å². The van der Waals surface area contributed by atoms with Crippen LogP contribution in [0.15, 0.2) is 23.2 Å². The van der Waals surface area contributed by atoms with Crippen LogP contribution in [0.1, 0.15) is 24.0 Å². The molecule has 1 aliphatic heterocycles. The molecule has 0 aromatic heterocycles. The Balaban J connectivity index is 1.97. The first-order chi connectivity index (χ1) is 12.0. The Labute approximate surface area is 144 Å². The lowest BCUT2D eigenvalue weighted by molar-refractivity contribution is -0.151. The molecule has 4 nitrogen and oxygen atoms in total. The summed E-state index contributed by atoms with van der Waals surface area (Å²) in [5.41, 5.74) is 2.65. The van der Waals surface area contributed by atoms with Gasteiger partial charge in [0, 0.05) is 17.9 Å². The maximum absolute atomic E-state index is 14.3. The van der Waals surface area contributed by atoms with Crippen molar-refractivity contribution in [3.8, 4) is 0 Å². The number of rotatable bonds is 5. The quantitative estimate of drug-likeness (QED) is 0.799. The van der Waals surface area contributed by atoms with E-state index >= 15 is 0 Å². The molecule has 0 saturated heterocycles.